The summed E-state index contributed by atoms with van der Waals surface area (Å²) >= 11 is 1.54. The molecule has 2 aromatic rings. The molecule has 0 bridgehead atoms. The number of amides is 1. The molecule has 1 N–H and O–H groups in total. The third kappa shape index (κ3) is 4.93. The van der Waals surface area contributed by atoms with Crippen LogP contribution in [0.15, 0.2) is 47.4 Å². The van der Waals surface area contributed by atoms with Crippen molar-refractivity contribution < 1.29 is 14.3 Å². The Labute approximate surface area is 141 Å². The first-order chi connectivity index (χ1) is 11.1. The predicted octanol–water partition coefficient (Wildman–Crippen LogP) is 3.42. The summed E-state index contributed by atoms with van der Waals surface area (Å²) in [6, 6.07) is 13.6. The number of benzene rings is 2. The maximum Gasteiger partial charge on any atom is 0.230 e. The van der Waals surface area contributed by atoms with E-state index < -0.39 is 0 Å². The minimum atomic E-state index is -0.00359. The number of thioether (sulfide) groups is 1. The first-order valence-electron chi connectivity index (χ1n) is 7.30. The number of nitrogens with one attached hydrogen (secondary N) is 1. The number of ether oxygens (including phenoxy) is 2. The van der Waals surface area contributed by atoms with Crippen LogP contribution >= 0.6 is 11.8 Å². The lowest BCUT2D eigenvalue weighted by molar-refractivity contribution is -0.118. The van der Waals surface area contributed by atoms with Crippen LogP contribution in [-0.2, 0) is 11.3 Å². The van der Waals surface area contributed by atoms with Gasteiger partial charge in [0, 0.05) is 23.1 Å². The van der Waals surface area contributed by atoms with E-state index >= 15 is 0 Å². The van der Waals surface area contributed by atoms with Gasteiger partial charge in [-0.05, 0) is 30.7 Å². The Balaban J connectivity index is 1.88. The van der Waals surface area contributed by atoms with Gasteiger partial charge in [0.2, 0.25) is 5.91 Å². The minimum Gasteiger partial charge on any atom is -0.497 e. The Morgan fingerprint density at radius 1 is 1.13 bits per heavy atom. The largest absolute Gasteiger partial charge is 0.497 e. The second-order valence-corrected chi connectivity index (χ2v) is 6.03. The summed E-state index contributed by atoms with van der Waals surface area (Å²) in [6.45, 7) is 2.47. The van der Waals surface area contributed by atoms with Gasteiger partial charge in [-0.25, -0.2) is 0 Å². The van der Waals surface area contributed by atoms with Crippen molar-refractivity contribution in [2.24, 2.45) is 0 Å². The molecule has 1 amide bonds. The quantitative estimate of drug-likeness (QED) is 0.790. The van der Waals surface area contributed by atoms with Gasteiger partial charge in [0.15, 0.2) is 0 Å². The van der Waals surface area contributed by atoms with Crippen LogP contribution in [-0.4, -0.2) is 25.9 Å². The highest BCUT2D eigenvalue weighted by Crippen LogP contribution is 2.25. The maximum absolute atomic E-state index is 12.0. The van der Waals surface area contributed by atoms with Crippen molar-refractivity contribution in [3.63, 3.8) is 0 Å². The topological polar surface area (TPSA) is 47.6 Å². The lowest BCUT2D eigenvalue weighted by Crippen LogP contribution is -2.24. The van der Waals surface area contributed by atoms with Gasteiger partial charge < -0.3 is 14.8 Å². The number of carbonyl (C=O) groups is 1. The first kappa shape index (κ1) is 17.2. The van der Waals surface area contributed by atoms with E-state index in [4.69, 9.17) is 9.47 Å². The average Bonchev–Trinajstić information content (AvgIpc) is 2.59. The lowest BCUT2D eigenvalue weighted by atomic mass is 10.2. The number of aryl methyl sites for hydroxylation is 1. The van der Waals surface area contributed by atoms with Gasteiger partial charge in [0.25, 0.3) is 0 Å². The fourth-order valence-electron chi connectivity index (χ4n) is 2.10. The molecule has 0 aromatic heterocycles. The third-order valence-corrected chi connectivity index (χ3v) is 4.60. The molecule has 0 unspecified atom stereocenters. The van der Waals surface area contributed by atoms with Gasteiger partial charge in [0.1, 0.15) is 11.5 Å². The van der Waals surface area contributed by atoms with Crippen LogP contribution in [0.2, 0.25) is 0 Å². The zero-order valence-corrected chi connectivity index (χ0v) is 14.4. The van der Waals surface area contributed by atoms with Crippen LogP contribution in [0.4, 0.5) is 0 Å². The van der Waals surface area contributed by atoms with Crippen LogP contribution in [0, 0.1) is 6.92 Å². The van der Waals surface area contributed by atoms with Gasteiger partial charge in [-0.3, -0.25) is 4.79 Å². The molecule has 0 atom stereocenters. The minimum absolute atomic E-state index is 0.00359. The summed E-state index contributed by atoms with van der Waals surface area (Å²) in [7, 11) is 3.22. The highest BCUT2D eigenvalue weighted by atomic mass is 32.2. The molecular formula is C18H21NO3S. The monoisotopic (exact) mass is 331 g/mol. The van der Waals surface area contributed by atoms with E-state index in [1.165, 1.54) is 5.56 Å². The Kier molecular flexibility index (Phi) is 6.35. The standard InChI is InChI=1S/C18H21NO3S/c1-13-6-4-5-7-17(13)23-12-18(20)19-11-14-8-9-15(21-2)10-16(14)22-3/h4-10H,11-12H2,1-3H3,(H,19,20). The SMILES string of the molecule is COc1ccc(CNC(=O)CSc2ccccc2C)c(OC)c1. The van der Waals surface area contributed by atoms with E-state index in [2.05, 4.69) is 5.32 Å². The van der Waals surface area contributed by atoms with Crippen LogP contribution in [0.3, 0.4) is 0 Å². The van der Waals surface area contributed by atoms with Crippen molar-refractivity contribution in [1.29, 1.82) is 0 Å². The molecule has 0 heterocycles. The third-order valence-electron chi connectivity index (χ3n) is 3.42. The van der Waals surface area contributed by atoms with Crippen molar-refractivity contribution in [3.8, 4) is 11.5 Å². The van der Waals surface area contributed by atoms with Gasteiger partial charge in [0.05, 0.1) is 20.0 Å². The van der Waals surface area contributed by atoms with Crippen LogP contribution in [0.25, 0.3) is 0 Å². The summed E-state index contributed by atoms with van der Waals surface area (Å²) < 4.78 is 10.5. The van der Waals surface area contributed by atoms with E-state index in [1.807, 2.05) is 49.4 Å². The van der Waals surface area contributed by atoms with E-state index in [1.54, 1.807) is 26.0 Å². The molecule has 0 aliphatic rings. The second kappa shape index (κ2) is 8.48. The van der Waals surface area contributed by atoms with Crippen LogP contribution in [0.5, 0.6) is 11.5 Å². The molecule has 23 heavy (non-hydrogen) atoms. The van der Waals surface area contributed by atoms with Crippen molar-refractivity contribution >= 4 is 17.7 Å². The highest BCUT2D eigenvalue weighted by molar-refractivity contribution is 8.00. The van der Waals surface area contributed by atoms with E-state index in [0.29, 0.717) is 18.0 Å². The average molecular weight is 331 g/mol. The number of hydrogen-bond acceptors (Lipinski definition) is 4. The van der Waals surface area contributed by atoms with E-state index in [-0.39, 0.29) is 5.91 Å². The Bertz CT molecular complexity index is 673. The predicted molar refractivity (Wildman–Crippen MR) is 93.3 cm³/mol. The highest BCUT2D eigenvalue weighted by Gasteiger charge is 2.08. The number of hydrogen-bond donors (Lipinski definition) is 1. The smallest absolute Gasteiger partial charge is 0.230 e. The fraction of sp³-hybridized carbons (Fsp3) is 0.278. The van der Waals surface area contributed by atoms with Gasteiger partial charge in [-0.15, -0.1) is 11.8 Å². The van der Waals surface area contributed by atoms with Crippen LogP contribution < -0.4 is 14.8 Å². The van der Waals surface area contributed by atoms with Crippen molar-refractivity contribution in [2.75, 3.05) is 20.0 Å². The lowest BCUT2D eigenvalue weighted by Gasteiger charge is -2.11. The zero-order chi connectivity index (χ0) is 16.7. The molecule has 4 nitrogen and oxygen atoms in total. The van der Waals surface area contributed by atoms with Crippen molar-refractivity contribution in [3.05, 3.63) is 53.6 Å². The van der Waals surface area contributed by atoms with Crippen molar-refractivity contribution in [1.82, 2.24) is 5.32 Å². The molecule has 122 valence electrons. The van der Waals surface area contributed by atoms with Crippen molar-refractivity contribution in [2.45, 2.75) is 18.4 Å². The molecule has 0 saturated carbocycles. The maximum atomic E-state index is 12.0. The molecule has 0 fully saturated rings. The molecule has 0 spiro atoms. The molecule has 0 aliphatic carbocycles. The Morgan fingerprint density at radius 3 is 2.61 bits per heavy atom. The summed E-state index contributed by atoms with van der Waals surface area (Å²) in [5.41, 5.74) is 2.10. The van der Waals surface area contributed by atoms with Crippen LogP contribution in [0.1, 0.15) is 11.1 Å². The molecule has 0 radical (unpaired) electrons. The second-order valence-electron chi connectivity index (χ2n) is 5.01. The molecule has 2 rings (SSSR count). The molecule has 5 heteroatoms. The molecular weight excluding hydrogens is 310 g/mol. The summed E-state index contributed by atoms with van der Waals surface area (Å²) in [5.74, 6) is 1.82. The normalized spacial score (nSPS) is 10.2. The number of rotatable bonds is 7. The molecule has 0 aliphatic heterocycles. The first-order valence-corrected chi connectivity index (χ1v) is 8.28. The van der Waals surface area contributed by atoms with Gasteiger partial charge in [-0.2, -0.15) is 0 Å². The summed E-state index contributed by atoms with van der Waals surface area (Å²) in [4.78, 5) is 13.2. The summed E-state index contributed by atoms with van der Waals surface area (Å²) in [6.07, 6.45) is 0. The van der Waals surface area contributed by atoms with Gasteiger partial charge >= 0.3 is 0 Å². The summed E-state index contributed by atoms with van der Waals surface area (Å²) in [5, 5.41) is 2.92. The Hall–Kier alpha value is -2.14. The molecule has 0 saturated heterocycles. The Morgan fingerprint density at radius 2 is 1.91 bits per heavy atom. The molecule has 2 aromatic carbocycles. The fourth-order valence-corrected chi connectivity index (χ4v) is 2.96. The van der Waals surface area contributed by atoms with E-state index in [0.717, 1.165) is 16.2 Å². The van der Waals surface area contributed by atoms with Gasteiger partial charge in [-0.1, -0.05) is 18.2 Å². The number of carbonyl (C=O) groups excluding carboxylic acids is 1. The zero-order valence-electron chi connectivity index (χ0n) is 13.6. The van der Waals surface area contributed by atoms with E-state index in [9.17, 15) is 4.79 Å². The number of methoxy groups -OCH3 is 2.